The number of aromatic nitrogens is 2. The number of fused-ring (bicyclic) bond motifs is 2. The van der Waals surface area contributed by atoms with Gasteiger partial charge in [-0.3, -0.25) is 9.59 Å². The molecular weight excluding hydrogens is 466 g/mol. The van der Waals surface area contributed by atoms with Crippen molar-refractivity contribution < 1.29 is 35.9 Å². The summed E-state index contributed by atoms with van der Waals surface area (Å²) in [5.41, 5.74) is -1.09. The summed E-state index contributed by atoms with van der Waals surface area (Å²) in [5.74, 6) is -1.44. The Bertz CT molecular complexity index is 1290. The third-order valence-electron chi connectivity index (χ3n) is 5.24. The van der Waals surface area contributed by atoms with Gasteiger partial charge in [-0.05, 0) is 35.8 Å². The first-order valence-electron chi connectivity index (χ1n) is 9.95. The van der Waals surface area contributed by atoms with Crippen molar-refractivity contribution in [2.45, 2.75) is 31.9 Å². The zero-order valence-electron chi connectivity index (χ0n) is 17.2. The lowest BCUT2D eigenvalue weighted by atomic mass is 10.0. The van der Waals surface area contributed by atoms with E-state index in [1.54, 1.807) is 6.07 Å². The molecule has 3 heterocycles. The van der Waals surface area contributed by atoms with E-state index in [1.165, 1.54) is 24.4 Å². The van der Waals surface area contributed by atoms with Crippen LogP contribution in [0.5, 0.6) is 0 Å². The number of carbonyl (C=O) groups excluding carboxylic acids is 2. The van der Waals surface area contributed by atoms with Crippen LogP contribution >= 0.6 is 0 Å². The molecule has 1 aliphatic rings. The summed E-state index contributed by atoms with van der Waals surface area (Å²) in [7, 11) is 0. The fraction of sp³-hybridized carbons (Fsp3) is 0.227. The Morgan fingerprint density at radius 3 is 2.56 bits per heavy atom. The van der Waals surface area contributed by atoms with Crippen LogP contribution in [0, 0.1) is 0 Å². The molecule has 0 aliphatic carbocycles. The molecule has 0 spiro atoms. The van der Waals surface area contributed by atoms with E-state index in [-0.39, 0.29) is 23.2 Å². The molecule has 3 aromatic rings. The van der Waals surface area contributed by atoms with Crippen LogP contribution in [0.25, 0.3) is 17.0 Å². The molecule has 0 saturated heterocycles. The summed E-state index contributed by atoms with van der Waals surface area (Å²) >= 11 is 0. The van der Waals surface area contributed by atoms with Gasteiger partial charge in [0, 0.05) is 35.3 Å². The lowest BCUT2D eigenvalue weighted by molar-refractivity contribution is -0.241. The second-order valence-corrected chi connectivity index (χ2v) is 7.57. The van der Waals surface area contributed by atoms with Gasteiger partial charge in [-0.15, -0.1) is 13.2 Å². The van der Waals surface area contributed by atoms with Gasteiger partial charge in [0.2, 0.25) is 5.91 Å². The number of rotatable bonds is 4. The number of hydrogen-bond acceptors (Lipinski definition) is 3. The third kappa shape index (κ3) is 4.75. The quantitative estimate of drug-likeness (QED) is 0.311. The molecule has 4 rings (SSSR count). The maximum atomic E-state index is 13.7. The molecule has 6 nitrogen and oxygen atoms in total. The van der Waals surface area contributed by atoms with Gasteiger partial charge < -0.3 is 10.3 Å². The molecule has 0 saturated carbocycles. The normalized spacial score (nSPS) is 14.4. The van der Waals surface area contributed by atoms with E-state index in [0.29, 0.717) is 29.4 Å². The highest BCUT2D eigenvalue weighted by Gasteiger charge is 2.43. The number of benzene rings is 1. The van der Waals surface area contributed by atoms with Gasteiger partial charge in [0.1, 0.15) is 5.82 Å². The molecule has 0 fully saturated rings. The Hall–Kier alpha value is -3.83. The molecular formula is C22H16F6N4O2. The van der Waals surface area contributed by atoms with Crippen LogP contribution in [0.3, 0.4) is 0 Å². The van der Waals surface area contributed by atoms with Gasteiger partial charge in [-0.1, -0.05) is 18.2 Å². The first kappa shape index (κ1) is 23.3. The molecule has 2 aromatic heterocycles. The van der Waals surface area contributed by atoms with Crippen molar-refractivity contribution in [2.75, 3.05) is 5.32 Å². The van der Waals surface area contributed by atoms with Gasteiger partial charge in [0.25, 0.3) is 5.91 Å². The monoisotopic (exact) mass is 482 g/mol. The molecule has 12 heteroatoms. The number of H-pyrrole nitrogens is 1. The first-order chi connectivity index (χ1) is 15.9. The zero-order valence-corrected chi connectivity index (χ0v) is 17.2. The predicted octanol–water partition coefficient (Wildman–Crippen LogP) is 5.03. The lowest BCUT2D eigenvalue weighted by Crippen LogP contribution is -2.41. The van der Waals surface area contributed by atoms with Crippen LogP contribution < -0.4 is 5.32 Å². The summed E-state index contributed by atoms with van der Waals surface area (Å²) in [6, 6.07) is 6.78. The Morgan fingerprint density at radius 2 is 1.85 bits per heavy atom. The summed E-state index contributed by atoms with van der Waals surface area (Å²) in [6.45, 7) is -1.36. The third-order valence-corrected chi connectivity index (χ3v) is 5.24. The van der Waals surface area contributed by atoms with Crippen LogP contribution in [-0.2, 0) is 28.7 Å². The van der Waals surface area contributed by atoms with E-state index < -0.39 is 41.1 Å². The number of hydrogen-bond donors (Lipinski definition) is 2. The highest BCUT2D eigenvalue weighted by atomic mass is 19.4. The van der Waals surface area contributed by atoms with Crippen molar-refractivity contribution >= 4 is 34.6 Å². The van der Waals surface area contributed by atoms with E-state index in [0.717, 1.165) is 12.1 Å². The van der Waals surface area contributed by atoms with Crippen LogP contribution in [0.15, 0.2) is 42.6 Å². The van der Waals surface area contributed by atoms with E-state index >= 15 is 0 Å². The highest BCUT2D eigenvalue weighted by molar-refractivity contribution is 5.94. The van der Waals surface area contributed by atoms with Crippen LogP contribution in [0.2, 0.25) is 0 Å². The van der Waals surface area contributed by atoms with Crippen molar-refractivity contribution in [2.24, 2.45) is 0 Å². The standard InChI is InChI=1S/C22H16F6N4O2/c23-21(24,25)19-14-3-1-2-4-15(14)30-16(19)11-32(22(26,27)28)18(34)8-5-12-9-13-6-7-17(33)31-20(13)29-10-12/h1-5,8-10,30H,6-7,11H2,(H,29,31,33)/b8-5+. The lowest BCUT2D eigenvalue weighted by Gasteiger charge is -2.24. The number of carbonyl (C=O) groups is 2. The van der Waals surface area contributed by atoms with Gasteiger partial charge >= 0.3 is 12.5 Å². The molecule has 0 atom stereocenters. The van der Waals surface area contributed by atoms with E-state index in [1.807, 2.05) is 0 Å². The molecule has 1 aliphatic heterocycles. The Kier molecular flexibility index (Phi) is 5.84. The number of aromatic amines is 1. The van der Waals surface area contributed by atoms with E-state index in [2.05, 4.69) is 15.3 Å². The topological polar surface area (TPSA) is 78.1 Å². The number of nitrogens with one attached hydrogen (secondary N) is 2. The van der Waals surface area contributed by atoms with Crippen molar-refractivity contribution in [3.63, 3.8) is 0 Å². The Balaban J connectivity index is 1.63. The molecule has 2 N–H and O–H groups in total. The number of halogens is 6. The van der Waals surface area contributed by atoms with E-state index in [9.17, 15) is 35.9 Å². The van der Waals surface area contributed by atoms with Gasteiger partial charge in [0.05, 0.1) is 12.1 Å². The molecule has 0 unspecified atom stereocenters. The van der Waals surface area contributed by atoms with Crippen molar-refractivity contribution in [3.8, 4) is 0 Å². The molecule has 0 radical (unpaired) electrons. The van der Waals surface area contributed by atoms with Crippen molar-refractivity contribution in [1.29, 1.82) is 0 Å². The minimum Gasteiger partial charge on any atom is -0.356 e. The van der Waals surface area contributed by atoms with Crippen LogP contribution in [0.4, 0.5) is 32.2 Å². The number of pyridine rings is 1. The molecule has 1 aromatic carbocycles. The van der Waals surface area contributed by atoms with E-state index in [4.69, 9.17) is 0 Å². The first-order valence-corrected chi connectivity index (χ1v) is 9.95. The van der Waals surface area contributed by atoms with Crippen LogP contribution in [0.1, 0.15) is 28.8 Å². The number of nitrogens with zero attached hydrogens (tertiary/aromatic N) is 2. The summed E-state index contributed by atoms with van der Waals surface area (Å²) in [6.07, 6.45) is -6.62. The fourth-order valence-corrected chi connectivity index (χ4v) is 3.71. The zero-order chi connectivity index (χ0) is 24.7. The average molecular weight is 482 g/mol. The Labute approximate surface area is 188 Å². The van der Waals surface area contributed by atoms with Crippen molar-refractivity contribution in [1.82, 2.24) is 14.9 Å². The summed E-state index contributed by atoms with van der Waals surface area (Å²) in [5, 5.41) is 2.26. The smallest absolute Gasteiger partial charge is 0.356 e. The molecule has 0 bridgehead atoms. The van der Waals surface area contributed by atoms with Crippen LogP contribution in [-0.4, -0.2) is 33.0 Å². The number of para-hydroxylation sites is 1. The minimum atomic E-state index is -5.24. The van der Waals surface area contributed by atoms with Gasteiger partial charge in [-0.25, -0.2) is 9.88 Å². The second-order valence-electron chi connectivity index (χ2n) is 7.57. The summed E-state index contributed by atoms with van der Waals surface area (Å²) in [4.78, 5) is 29.6. The number of alkyl halides is 6. The van der Waals surface area contributed by atoms with Gasteiger partial charge in [0.15, 0.2) is 0 Å². The summed E-state index contributed by atoms with van der Waals surface area (Å²) < 4.78 is 81.9. The largest absolute Gasteiger partial charge is 0.487 e. The molecule has 2 amide bonds. The number of aryl methyl sites for hydroxylation is 1. The maximum absolute atomic E-state index is 13.7. The fourth-order valence-electron chi connectivity index (χ4n) is 3.71. The number of amides is 2. The predicted molar refractivity (Wildman–Crippen MR) is 110 cm³/mol. The number of anilines is 1. The Morgan fingerprint density at radius 1 is 1.12 bits per heavy atom. The van der Waals surface area contributed by atoms with Crippen molar-refractivity contribution in [3.05, 3.63) is 65.0 Å². The van der Waals surface area contributed by atoms with Gasteiger partial charge in [-0.2, -0.15) is 13.2 Å². The SMILES string of the molecule is O=C1CCc2cc(/C=C/C(=O)N(Cc3[nH]c4ccccc4c3C(F)(F)F)C(F)(F)F)cnc2N1. The molecule has 34 heavy (non-hydrogen) atoms. The second kappa shape index (κ2) is 8.50. The average Bonchev–Trinajstić information content (AvgIpc) is 3.13. The minimum absolute atomic E-state index is 0.00200. The maximum Gasteiger partial charge on any atom is 0.487 e. The molecule has 178 valence electrons. The highest BCUT2D eigenvalue weighted by Crippen LogP contribution is 2.39.